The quantitative estimate of drug-likeness (QED) is 0.595. The fourth-order valence-corrected chi connectivity index (χ4v) is 1.54. The summed E-state index contributed by atoms with van der Waals surface area (Å²) in [7, 11) is 1.93. The standard InChI is InChI=1S/C13H25N5/c1-5-14-13(15-8-6-11(2)3)16-10-12-7-9-17-18(12)4/h7,9,11H,5-6,8,10H2,1-4H3,(H2,14,15,16). The Balaban J connectivity index is 2.47. The lowest BCUT2D eigenvalue weighted by molar-refractivity contribution is 0.573. The molecule has 0 aromatic carbocycles. The highest BCUT2D eigenvalue weighted by Crippen LogP contribution is 1.99. The Morgan fingerprint density at radius 3 is 2.78 bits per heavy atom. The molecule has 0 saturated carbocycles. The lowest BCUT2D eigenvalue weighted by Crippen LogP contribution is -2.38. The molecule has 1 aromatic heterocycles. The van der Waals surface area contributed by atoms with Crippen LogP contribution in [0.15, 0.2) is 17.3 Å². The van der Waals surface area contributed by atoms with Crippen molar-refractivity contribution in [1.82, 2.24) is 20.4 Å². The maximum Gasteiger partial charge on any atom is 0.191 e. The lowest BCUT2D eigenvalue weighted by Gasteiger charge is -2.12. The number of hydrogen-bond acceptors (Lipinski definition) is 2. The number of nitrogens with one attached hydrogen (secondary N) is 2. The van der Waals surface area contributed by atoms with E-state index in [1.165, 1.54) is 0 Å². The van der Waals surface area contributed by atoms with Crippen LogP contribution < -0.4 is 10.6 Å². The van der Waals surface area contributed by atoms with Gasteiger partial charge in [0, 0.05) is 26.3 Å². The van der Waals surface area contributed by atoms with E-state index in [0.29, 0.717) is 12.5 Å². The van der Waals surface area contributed by atoms with Gasteiger partial charge >= 0.3 is 0 Å². The molecule has 0 amide bonds. The average molecular weight is 251 g/mol. The van der Waals surface area contributed by atoms with E-state index in [9.17, 15) is 0 Å². The summed E-state index contributed by atoms with van der Waals surface area (Å²) in [4.78, 5) is 4.55. The van der Waals surface area contributed by atoms with E-state index in [0.717, 1.165) is 31.2 Å². The van der Waals surface area contributed by atoms with Crippen LogP contribution in [0.4, 0.5) is 0 Å². The zero-order chi connectivity index (χ0) is 13.4. The third-order valence-corrected chi connectivity index (χ3v) is 2.68. The largest absolute Gasteiger partial charge is 0.357 e. The first-order valence-electron chi connectivity index (χ1n) is 6.62. The van der Waals surface area contributed by atoms with Crippen LogP contribution in [0.3, 0.4) is 0 Å². The van der Waals surface area contributed by atoms with Gasteiger partial charge in [-0.3, -0.25) is 4.68 Å². The first kappa shape index (κ1) is 14.5. The minimum absolute atomic E-state index is 0.646. The minimum Gasteiger partial charge on any atom is -0.357 e. The van der Waals surface area contributed by atoms with Gasteiger partial charge in [0.05, 0.1) is 12.2 Å². The first-order chi connectivity index (χ1) is 8.63. The fraction of sp³-hybridized carbons (Fsp3) is 0.692. The number of guanidine groups is 1. The van der Waals surface area contributed by atoms with Gasteiger partial charge in [0.25, 0.3) is 0 Å². The molecule has 0 aliphatic carbocycles. The van der Waals surface area contributed by atoms with Crippen LogP contribution >= 0.6 is 0 Å². The molecule has 0 aliphatic rings. The molecule has 5 heteroatoms. The molecule has 5 nitrogen and oxygen atoms in total. The number of rotatable bonds is 6. The third-order valence-electron chi connectivity index (χ3n) is 2.68. The van der Waals surface area contributed by atoms with Crippen LogP contribution in [0.1, 0.15) is 32.9 Å². The molecule has 18 heavy (non-hydrogen) atoms. The molecule has 0 unspecified atom stereocenters. The van der Waals surface area contributed by atoms with Crippen LogP contribution in [-0.4, -0.2) is 28.8 Å². The van der Waals surface area contributed by atoms with Crippen LogP contribution in [-0.2, 0) is 13.6 Å². The number of aromatic nitrogens is 2. The summed E-state index contributed by atoms with van der Waals surface area (Å²) in [6.45, 7) is 8.99. The van der Waals surface area contributed by atoms with Gasteiger partial charge in [0.15, 0.2) is 5.96 Å². The maximum atomic E-state index is 4.55. The minimum atomic E-state index is 0.646. The van der Waals surface area contributed by atoms with Gasteiger partial charge in [0.2, 0.25) is 0 Å². The third kappa shape index (κ3) is 5.21. The smallest absolute Gasteiger partial charge is 0.191 e. The topological polar surface area (TPSA) is 54.2 Å². The van der Waals surface area contributed by atoms with E-state index >= 15 is 0 Å². The van der Waals surface area contributed by atoms with Crippen LogP contribution in [0, 0.1) is 5.92 Å². The van der Waals surface area contributed by atoms with E-state index in [1.807, 2.05) is 17.8 Å². The van der Waals surface area contributed by atoms with Gasteiger partial charge in [0.1, 0.15) is 0 Å². The van der Waals surface area contributed by atoms with Crippen molar-refractivity contribution in [3.63, 3.8) is 0 Å². The van der Waals surface area contributed by atoms with Crippen molar-refractivity contribution < 1.29 is 0 Å². The van der Waals surface area contributed by atoms with Crippen molar-refractivity contribution >= 4 is 5.96 Å². The van der Waals surface area contributed by atoms with Crippen LogP contribution in [0.5, 0.6) is 0 Å². The summed E-state index contributed by atoms with van der Waals surface area (Å²) in [6.07, 6.45) is 2.94. The normalized spacial score (nSPS) is 11.9. The molecule has 0 bridgehead atoms. The summed E-state index contributed by atoms with van der Waals surface area (Å²) in [5.41, 5.74) is 1.11. The second kappa shape index (κ2) is 7.74. The number of hydrogen-bond donors (Lipinski definition) is 2. The highest BCUT2D eigenvalue weighted by molar-refractivity contribution is 5.79. The molecule has 102 valence electrons. The fourth-order valence-electron chi connectivity index (χ4n) is 1.54. The van der Waals surface area contributed by atoms with Crippen molar-refractivity contribution in [2.75, 3.05) is 13.1 Å². The molecule has 1 aromatic rings. The first-order valence-corrected chi connectivity index (χ1v) is 6.62. The Labute approximate surface area is 110 Å². The van der Waals surface area contributed by atoms with Gasteiger partial charge < -0.3 is 10.6 Å². The number of aryl methyl sites for hydroxylation is 1. The van der Waals surface area contributed by atoms with Crippen molar-refractivity contribution in [3.05, 3.63) is 18.0 Å². The number of nitrogens with zero attached hydrogens (tertiary/aromatic N) is 3. The second-order valence-corrected chi connectivity index (χ2v) is 4.75. The van der Waals surface area contributed by atoms with E-state index in [4.69, 9.17) is 0 Å². The summed E-state index contributed by atoms with van der Waals surface area (Å²) < 4.78 is 1.85. The maximum absolute atomic E-state index is 4.55. The lowest BCUT2D eigenvalue weighted by atomic mass is 10.1. The molecule has 0 radical (unpaired) electrons. The Morgan fingerprint density at radius 2 is 2.22 bits per heavy atom. The van der Waals surface area contributed by atoms with Crippen molar-refractivity contribution in [1.29, 1.82) is 0 Å². The Hall–Kier alpha value is -1.52. The van der Waals surface area contributed by atoms with Gasteiger partial charge in [-0.2, -0.15) is 5.10 Å². The predicted octanol–water partition coefficient (Wildman–Crippen LogP) is 1.52. The number of aliphatic imine (C=N–C) groups is 1. The van der Waals surface area contributed by atoms with Gasteiger partial charge in [-0.1, -0.05) is 13.8 Å². The summed E-state index contributed by atoms with van der Waals surface area (Å²) >= 11 is 0. The molecule has 1 heterocycles. The molecular weight excluding hydrogens is 226 g/mol. The molecule has 0 aliphatic heterocycles. The molecule has 1 rings (SSSR count). The molecule has 0 atom stereocenters. The van der Waals surface area contributed by atoms with E-state index in [-0.39, 0.29) is 0 Å². The SMILES string of the molecule is CCNC(=NCc1ccnn1C)NCCC(C)C. The van der Waals surface area contributed by atoms with Crippen LogP contribution in [0.2, 0.25) is 0 Å². The van der Waals surface area contributed by atoms with Crippen molar-refractivity contribution in [3.8, 4) is 0 Å². The molecule has 0 spiro atoms. The van der Waals surface area contributed by atoms with Crippen LogP contribution in [0.25, 0.3) is 0 Å². The monoisotopic (exact) mass is 251 g/mol. The van der Waals surface area contributed by atoms with Gasteiger partial charge in [-0.15, -0.1) is 0 Å². The summed E-state index contributed by atoms with van der Waals surface area (Å²) in [5, 5.41) is 10.7. The zero-order valence-electron chi connectivity index (χ0n) is 11.9. The Morgan fingerprint density at radius 1 is 1.44 bits per heavy atom. The summed E-state index contributed by atoms with van der Waals surface area (Å²) in [6, 6.07) is 1.99. The predicted molar refractivity (Wildman–Crippen MR) is 75.5 cm³/mol. The molecule has 0 saturated heterocycles. The Bertz CT molecular complexity index is 367. The van der Waals surface area contributed by atoms with E-state index < -0.39 is 0 Å². The highest BCUT2D eigenvalue weighted by atomic mass is 15.3. The second-order valence-electron chi connectivity index (χ2n) is 4.75. The van der Waals surface area contributed by atoms with Gasteiger partial charge in [-0.05, 0) is 25.3 Å². The highest BCUT2D eigenvalue weighted by Gasteiger charge is 2.00. The Kier molecular flexibility index (Phi) is 6.25. The molecule has 0 fully saturated rings. The van der Waals surface area contributed by atoms with Gasteiger partial charge in [-0.25, -0.2) is 4.99 Å². The molecular formula is C13H25N5. The van der Waals surface area contributed by atoms with Crippen molar-refractivity contribution in [2.24, 2.45) is 18.0 Å². The van der Waals surface area contributed by atoms with E-state index in [2.05, 4.69) is 41.5 Å². The summed E-state index contributed by atoms with van der Waals surface area (Å²) in [5.74, 6) is 1.58. The zero-order valence-corrected chi connectivity index (χ0v) is 11.9. The van der Waals surface area contributed by atoms with Crippen molar-refractivity contribution in [2.45, 2.75) is 33.7 Å². The average Bonchev–Trinajstić information content (AvgIpc) is 2.71. The van der Waals surface area contributed by atoms with E-state index in [1.54, 1.807) is 6.20 Å². The molecule has 2 N–H and O–H groups in total.